The van der Waals surface area contributed by atoms with Gasteiger partial charge < -0.3 is 45.0 Å². The second-order valence-electron chi connectivity index (χ2n) is 22.3. The summed E-state index contributed by atoms with van der Waals surface area (Å²) in [6, 6.07) is 9.13. The molecule has 11 rings (SSSR count). The van der Waals surface area contributed by atoms with Crippen LogP contribution in [0.2, 0.25) is 0 Å². The normalized spacial score (nSPS) is 21.8. The first-order chi connectivity index (χ1) is 39.8. The number of piperazine rings is 1. The Labute approximate surface area is 473 Å². The van der Waals surface area contributed by atoms with Gasteiger partial charge in [-0.1, -0.05) is 50.1 Å². The Morgan fingerprint density at radius 3 is 2.28 bits per heavy atom. The average Bonchev–Trinajstić information content (AvgIpc) is 3.54. The summed E-state index contributed by atoms with van der Waals surface area (Å²) in [5.41, 5.74) is 1.73. The number of aliphatic hydroxyl groups is 1. The van der Waals surface area contributed by atoms with Crippen molar-refractivity contribution < 1.29 is 64.8 Å². The van der Waals surface area contributed by atoms with Crippen molar-refractivity contribution in [1.82, 2.24) is 40.9 Å². The predicted molar refractivity (Wildman–Crippen MR) is 291 cm³/mol. The van der Waals surface area contributed by atoms with Gasteiger partial charge in [-0.25, -0.2) is 30.7 Å². The maximum Gasteiger partial charge on any atom is 0.319 e. The van der Waals surface area contributed by atoms with Crippen molar-refractivity contribution in [3.63, 3.8) is 0 Å². The molecule has 0 saturated carbocycles. The van der Waals surface area contributed by atoms with E-state index in [1.807, 2.05) is 13.8 Å². The van der Waals surface area contributed by atoms with Gasteiger partial charge in [-0.2, -0.15) is 9.97 Å². The van der Waals surface area contributed by atoms with Crippen LogP contribution < -0.4 is 25.8 Å². The number of rotatable bonds is 16. The molecule has 2 aromatic heterocycles. The monoisotopic (exact) mass is 1150 g/mol. The summed E-state index contributed by atoms with van der Waals surface area (Å²) in [4.78, 5) is 53.6. The minimum atomic E-state index is -2.27. The lowest BCUT2D eigenvalue weighted by atomic mass is 9.91. The van der Waals surface area contributed by atoms with Crippen LogP contribution in [0, 0.1) is 70.8 Å². The number of carbonyl (C=O) groups excluding carboxylic acids is 2. The molecule has 23 heteroatoms. The molecule has 7 heterocycles. The van der Waals surface area contributed by atoms with Crippen molar-refractivity contribution in [3.8, 4) is 46.5 Å². The number of phenolic OH excluding ortho intramolecular Hbond substituents is 1. The van der Waals surface area contributed by atoms with Crippen molar-refractivity contribution in [2.24, 2.45) is 17.8 Å². The van der Waals surface area contributed by atoms with Gasteiger partial charge in [0.1, 0.15) is 52.9 Å². The average molecular weight is 1150 g/mol. The Morgan fingerprint density at radius 2 is 1.59 bits per heavy atom. The summed E-state index contributed by atoms with van der Waals surface area (Å²) in [5, 5.41) is 28.9. The highest BCUT2D eigenvalue weighted by Gasteiger charge is 2.45. The number of ether oxygens (including phenoxy) is 2. The van der Waals surface area contributed by atoms with Gasteiger partial charge in [0.25, 0.3) is 0 Å². The van der Waals surface area contributed by atoms with Crippen molar-refractivity contribution >= 4 is 39.3 Å². The van der Waals surface area contributed by atoms with Crippen LogP contribution in [0.1, 0.15) is 70.0 Å². The van der Waals surface area contributed by atoms with Gasteiger partial charge in [-0.3, -0.25) is 19.5 Å². The first-order valence-corrected chi connectivity index (χ1v) is 27.7. The molecule has 436 valence electrons. The van der Waals surface area contributed by atoms with E-state index in [0.717, 1.165) is 38.8 Å². The van der Waals surface area contributed by atoms with Crippen LogP contribution in [0.25, 0.3) is 44.1 Å². The van der Waals surface area contributed by atoms with Gasteiger partial charge >= 0.3 is 6.01 Å². The van der Waals surface area contributed by atoms with E-state index in [9.17, 15) is 41.8 Å². The van der Waals surface area contributed by atoms with Gasteiger partial charge in [0, 0.05) is 67.9 Å². The fraction of sp³-hybridized carbons (Fsp3) is 0.417. The second-order valence-corrected chi connectivity index (χ2v) is 22.3. The third kappa shape index (κ3) is 11.3. The van der Waals surface area contributed by atoms with Crippen LogP contribution in [-0.2, 0) is 19.2 Å². The Balaban J connectivity index is 0.695. The number of amides is 2. The molecule has 6 aromatic rings. The summed E-state index contributed by atoms with van der Waals surface area (Å²) in [6.07, 6.45) is 10.8. The fourth-order valence-electron chi connectivity index (χ4n) is 12.1. The number of carbonyl (C=O) groups is 2. The van der Waals surface area contributed by atoms with E-state index < -0.39 is 88.4 Å². The number of aromatic hydroxyl groups is 1. The number of terminal acetylenes is 1. The van der Waals surface area contributed by atoms with Gasteiger partial charge in [-0.15, -0.1) is 11.9 Å². The second kappa shape index (κ2) is 23.6. The SMILES string of the molecule is C#Cc1c(F)ccc2cc(O)cc(-c3ncc4c(N5CC6CCC(C5)N6)nc(OCCN5CCC(COC6C=C(C(C(=O)N7C[C@H](O)C[C@H]7C(=O)NC(C)c7ccc(-c8c(F)c(F)c(F)c(F)c8F)cc7)C(C)C)ON6)CC5)nc4c3F)c12. The van der Waals surface area contributed by atoms with Crippen molar-refractivity contribution in [2.45, 2.75) is 89.4 Å². The van der Waals surface area contributed by atoms with Crippen LogP contribution in [-0.4, -0.2) is 130 Å². The molecule has 0 aliphatic carbocycles. The number of halogens is 7. The summed E-state index contributed by atoms with van der Waals surface area (Å²) in [6.45, 7) is 9.02. The van der Waals surface area contributed by atoms with Gasteiger partial charge in [-0.05, 0) is 92.2 Å². The zero-order valence-corrected chi connectivity index (χ0v) is 45.5. The fourth-order valence-corrected chi connectivity index (χ4v) is 12.1. The molecule has 5 aliphatic rings. The Morgan fingerprint density at radius 1 is 0.892 bits per heavy atom. The summed E-state index contributed by atoms with van der Waals surface area (Å²) < 4.78 is 115. The number of β-amino-alcohol motifs (C(OH)–C–C–N with tert-alkyl or cyclic N) is 1. The molecule has 2 amide bonds. The molecule has 0 spiro atoms. The molecule has 16 nitrogen and oxygen atoms in total. The van der Waals surface area contributed by atoms with Crippen LogP contribution in [0.15, 0.2) is 66.6 Å². The molecular formula is C60H60F7N9O7. The number of hydroxylamine groups is 1. The van der Waals surface area contributed by atoms with Gasteiger partial charge in [0.2, 0.25) is 17.6 Å². The molecule has 7 atom stereocenters. The smallest absolute Gasteiger partial charge is 0.319 e. The molecule has 5 N–H and O–H groups in total. The molecule has 0 radical (unpaired) electrons. The van der Waals surface area contributed by atoms with E-state index in [0.29, 0.717) is 54.2 Å². The van der Waals surface area contributed by atoms with E-state index in [2.05, 4.69) is 41.8 Å². The van der Waals surface area contributed by atoms with E-state index in [1.54, 1.807) is 13.0 Å². The maximum atomic E-state index is 17.1. The molecule has 5 aliphatic heterocycles. The summed E-state index contributed by atoms with van der Waals surface area (Å²) in [7, 11) is 0. The number of anilines is 1. The molecular weight excluding hydrogens is 1090 g/mol. The van der Waals surface area contributed by atoms with Gasteiger partial charge in [0.05, 0.1) is 35.3 Å². The quantitative estimate of drug-likeness (QED) is 0.0271. The number of pyridine rings is 1. The number of nitrogens with one attached hydrogen (secondary N) is 3. The first kappa shape index (κ1) is 57.2. The molecule has 4 fully saturated rings. The number of aromatic nitrogens is 3. The highest BCUT2D eigenvalue weighted by Crippen LogP contribution is 2.40. The molecule has 4 saturated heterocycles. The van der Waals surface area contributed by atoms with E-state index >= 15 is 8.78 Å². The Bertz CT molecular complexity index is 3540. The predicted octanol–water partition coefficient (Wildman–Crippen LogP) is 8.08. The number of hydrogen-bond donors (Lipinski definition) is 5. The van der Waals surface area contributed by atoms with Crippen LogP contribution >= 0.6 is 0 Å². The van der Waals surface area contributed by atoms with Crippen molar-refractivity contribution in [2.75, 3.05) is 57.4 Å². The van der Waals surface area contributed by atoms with E-state index in [4.69, 9.17) is 25.7 Å². The number of nitrogens with zero attached hydrogens (tertiary/aromatic N) is 6. The third-order valence-electron chi connectivity index (χ3n) is 16.4. The number of piperidine rings is 1. The molecule has 4 aromatic carbocycles. The van der Waals surface area contributed by atoms with Crippen LogP contribution in [0.4, 0.5) is 36.6 Å². The largest absolute Gasteiger partial charge is 0.508 e. The highest BCUT2D eigenvalue weighted by atomic mass is 19.2. The number of likely N-dealkylation sites (tertiary alicyclic amines) is 2. The summed E-state index contributed by atoms with van der Waals surface area (Å²) in [5.74, 6) is -10.9. The number of benzene rings is 4. The minimum absolute atomic E-state index is 0.0166. The first-order valence-electron chi connectivity index (χ1n) is 27.7. The van der Waals surface area contributed by atoms with E-state index in [-0.39, 0.29) is 88.5 Å². The Hall–Kier alpha value is -7.62. The number of aliphatic hydroxyl groups excluding tert-OH is 1. The number of fused-ring (bicyclic) bond motifs is 4. The minimum Gasteiger partial charge on any atom is -0.508 e. The highest BCUT2D eigenvalue weighted by molar-refractivity contribution is 6.03. The lowest BCUT2D eigenvalue weighted by Gasteiger charge is -2.34. The third-order valence-corrected chi connectivity index (χ3v) is 16.4. The maximum absolute atomic E-state index is 17.1. The molecule has 83 heavy (non-hydrogen) atoms. The lowest BCUT2D eigenvalue weighted by Crippen LogP contribution is -2.51. The standard InChI is InChI=1S/C60H60F7N9O7/c1-5-39-42(61)13-10-34-20-37(77)21-40(47(34)39)55-54(67)56-41(24-68-55)57(75-25-35-11-12-36(26-75)70-35)72-60(71-56)81-19-18-74-16-14-31(15-17-74)28-82-45-23-44(83-73-45)46(29(2)3)59(80)76-27-38(78)22-43(76)58(79)69-30(4)32-6-8-33(9-7-32)48-49(62)51(64)53(66)52(65)50(48)63/h1,6-10,13,20-21,23-24,29-31,35-36,38,43,45-46,70,73,77-78H,11-12,14-19,22,25-28H2,2-4H3,(H,69,79)/t30?,35?,36?,38-,43+,45?,46?/m1/s1. The van der Waals surface area contributed by atoms with Crippen molar-refractivity contribution in [1.29, 1.82) is 0 Å². The van der Waals surface area contributed by atoms with Gasteiger partial charge in [0.15, 0.2) is 35.3 Å². The zero-order valence-electron chi connectivity index (χ0n) is 45.5. The number of phenols is 1. The number of hydrogen-bond acceptors (Lipinski definition) is 14. The van der Waals surface area contributed by atoms with Crippen LogP contribution in [0.5, 0.6) is 11.8 Å². The van der Waals surface area contributed by atoms with E-state index in [1.165, 1.54) is 59.6 Å². The molecule has 2 bridgehead atoms. The Kier molecular flexibility index (Phi) is 16.2. The zero-order chi connectivity index (χ0) is 58.5. The lowest BCUT2D eigenvalue weighted by molar-refractivity contribution is -0.143. The summed E-state index contributed by atoms with van der Waals surface area (Å²) >= 11 is 0. The van der Waals surface area contributed by atoms with Crippen LogP contribution in [0.3, 0.4) is 0 Å². The van der Waals surface area contributed by atoms with Crippen molar-refractivity contribution in [3.05, 3.63) is 118 Å². The topological polar surface area (TPSA) is 187 Å². The molecule has 5 unspecified atom stereocenters.